The molecule has 2 aromatic carbocycles. The number of carbonyl (C=O) groups excluding carboxylic acids is 1. The lowest BCUT2D eigenvalue weighted by Gasteiger charge is -2.10. The van der Waals surface area contributed by atoms with Crippen LogP contribution in [0.5, 0.6) is 0 Å². The van der Waals surface area contributed by atoms with Crippen LogP contribution >= 0.6 is 11.6 Å². The fourth-order valence-electron chi connectivity index (χ4n) is 2.08. The predicted molar refractivity (Wildman–Crippen MR) is 85.6 cm³/mol. The normalized spacial score (nSPS) is 10.5. The molecule has 3 aromatic rings. The van der Waals surface area contributed by atoms with E-state index in [1.165, 1.54) is 0 Å². The number of halogens is 1. The van der Waals surface area contributed by atoms with Gasteiger partial charge in [-0.15, -0.1) is 0 Å². The largest absolute Gasteiger partial charge is 0.397 e. The van der Waals surface area contributed by atoms with Gasteiger partial charge in [-0.1, -0.05) is 23.7 Å². The summed E-state index contributed by atoms with van der Waals surface area (Å²) in [7, 11) is 0. The Labute approximate surface area is 126 Å². The molecule has 1 amide bonds. The van der Waals surface area contributed by atoms with Crippen LogP contribution < -0.4 is 11.1 Å². The highest BCUT2D eigenvalue weighted by Gasteiger charge is 2.11. The van der Waals surface area contributed by atoms with E-state index in [4.69, 9.17) is 17.3 Å². The van der Waals surface area contributed by atoms with Gasteiger partial charge in [-0.05, 0) is 36.4 Å². The van der Waals surface area contributed by atoms with E-state index < -0.39 is 0 Å². The van der Waals surface area contributed by atoms with E-state index in [-0.39, 0.29) is 5.91 Å². The molecule has 1 heterocycles. The second-order valence-electron chi connectivity index (χ2n) is 4.57. The van der Waals surface area contributed by atoms with E-state index >= 15 is 0 Å². The Hall–Kier alpha value is -2.59. The third-order valence-corrected chi connectivity index (χ3v) is 3.46. The first-order chi connectivity index (χ1) is 10.1. The van der Waals surface area contributed by atoms with Gasteiger partial charge in [0.15, 0.2) is 0 Å². The van der Waals surface area contributed by atoms with Crippen molar-refractivity contribution < 1.29 is 4.79 Å². The van der Waals surface area contributed by atoms with Crippen LogP contribution in [0.15, 0.2) is 54.7 Å². The Balaban J connectivity index is 1.94. The summed E-state index contributed by atoms with van der Waals surface area (Å²) in [6.07, 6.45) is 1.71. The van der Waals surface area contributed by atoms with Gasteiger partial charge in [0.05, 0.1) is 21.9 Å². The van der Waals surface area contributed by atoms with Gasteiger partial charge in [0.2, 0.25) is 0 Å². The van der Waals surface area contributed by atoms with E-state index in [0.717, 1.165) is 10.9 Å². The van der Waals surface area contributed by atoms with Crippen molar-refractivity contribution in [3.05, 3.63) is 65.3 Å². The molecule has 21 heavy (non-hydrogen) atoms. The number of carbonyl (C=O) groups is 1. The molecule has 4 nitrogen and oxygen atoms in total. The van der Waals surface area contributed by atoms with Crippen LogP contribution in [0.3, 0.4) is 0 Å². The Kier molecular flexibility index (Phi) is 3.46. The van der Waals surface area contributed by atoms with Crippen LogP contribution in [0.1, 0.15) is 10.4 Å². The lowest BCUT2D eigenvalue weighted by atomic mass is 10.1. The second-order valence-corrected chi connectivity index (χ2v) is 4.98. The minimum absolute atomic E-state index is 0.263. The number of aromatic nitrogens is 1. The van der Waals surface area contributed by atoms with Crippen molar-refractivity contribution in [3.8, 4) is 0 Å². The molecule has 104 valence electrons. The number of anilines is 2. The molecule has 0 fully saturated rings. The van der Waals surface area contributed by atoms with Crippen molar-refractivity contribution in [2.45, 2.75) is 0 Å². The van der Waals surface area contributed by atoms with Gasteiger partial charge < -0.3 is 11.1 Å². The van der Waals surface area contributed by atoms with Gasteiger partial charge in [0.1, 0.15) is 0 Å². The molecule has 1 aromatic heterocycles. The maximum atomic E-state index is 12.3. The highest BCUT2D eigenvalue weighted by Crippen LogP contribution is 2.28. The molecular weight excluding hydrogens is 286 g/mol. The third-order valence-electron chi connectivity index (χ3n) is 3.15. The number of amides is 1. The average Bonchev–Trinajstić information content (AvgIpc) is 2.50. The maximum absolute atomic E-state index is 12.3. The van der Waals surface area contributed by atoms with E-state index in [1.54, 1.807) is 42.6 Å². The number of fused-ring (bicyclic) bond motifs is 1. The maximum Gasteiger partial charge on any atom is 0.255 e. The molecule has 0 aliphatic carbocycles. The van der Waals surface area contributed by atoms with Gasteiger partial charge in [-0.3, -0.25) is 9.78 Å². The zero-order chi connectivity index (χ0) is 14.8. The van der Waals surface area contributed by atoms with Crippen molar-refractivity contribution in [2.75, 3.05) is 11.1 Å². The molecule has 0 unspecified atom stereocenters. The molecule has 0 aliphatic rings. The first kappa shape index (κ1) is 13.4. The second kappa shape index (κ2) is 5.42. The van der Waals surface area contributed by atoms with Gasteiger partial charge in [-0.2, -0.15) is 0 Å². The minimum atomic E-state index is -0.263. The number of nitrogens with zero attached hydrogens (tertiary/aromatic N) is 1. The van der Waals surface area contributed by atoms with Crippen molar-refractivity contribution in [2.24, 2.45) is 0 Å². The number of nitrogens with two attached hydrogens (primary N) is 1. The molecular formula is C16H12ClN3O. The smallest absolute Gasteiger partial charge is 0.255 e. The van der Waals surface area contributed by atoms with Crippen LogP contribution in [-0.2, 0) is 0 Å². The summed E-state index contributed by atoms with van der Waals surface area (Å²) < 4.78 is 0. The number of nitrogens with one attached hydrogen (secondary N) is 1. The SMILES string of the molecule is Nc1cccc(Cl)c1NC(=O)c1ccc2ncccc2c1. The summed E-state index contributed by atoms with van der Waals surface area (Å²) in [6.45, 7) is 0. The van der Waals surface area contributed by atoms with Crippen molar-refractivity contribution >= 4 is 39.8 Å². The molecule has 0 spiro atoms. The topological polar surface area (TPSA) is 68.0 Å². The zero-order valence-electron chi connectivity index (χ0n) is 11.0. The van der Waals surface area contributed by atoms with E-state index in [1.807, 2.05) is 12.1 Å². The summed E-state index contributed by atoms with van der Waals surface area (Å²) in [5.74, 6) is -0.263. The van der Waals surface area contributed by atoms with Gasteiger partial charge in [-0.25, -0.2) is 0 Å². The first-order valence-corrected chi connectivity index (χ1v) is 6.73. The van der Waals surface area contributed by atoms with Crippen LogP contribution in [0, 0.1) is 0 Å². The molecule has 3 N–H and O–H groups in total. The van der Waals surface area contributed by atoms with E-state index in [2.05, 4.69) is 10.3 Å². The fourth-order valence-corrected chi connectivity index (χ4v) is 2.30. The quantitative estimate of drug-likeness (QED) is 0.708. The Bertz CT molecular complexity index is 812. The number of pyridine rings is 1. The highest BCUT2D eigenvalue weighted by atomic mass is 35.5. The van der Waals surface area contributed by atoms with E-state index in [9.17, 15) is 4.79 Å². The van der Waals surface area contributed by atoms with Crippen molar-refractivity contribution in [1.29, 1.82) is 0 Å². The standard InChI is InChI=1S/C16H12ClN3O/c17-12-4-1-5-13(18)15(12)20-16(21)11-6-7-14-10(9-11)3-2-8-19-14/h1-9H,18H2,(H,20,21). The van der Waals surface area contributed by atoms with Crippen LogP contribution in [0.4, 0.5) is 11.4 Å². The lowest BCUT2D eigenvalue weighted by Crippen LogP contribution is -2.13. The number of para-hydroxylation sites is 1. The number of benzene rings is 2. The minimum Gasteiger partial charge on any atom is -0.397 e. The predicted octanol–water partition coefficient (Wildman–Crippen LogP) is 3.72. The lowest BCUT2D eigenvalue weighted by molar-refractivity contribution is 0.102. The Morgan fingerprint density at radius 1 is 1.14 bits per heavy atom. The average molecular weight is 298 g/mol. The molecule has 0 saturated carbocycles. The van der Waals surface area contributed by atoms with Crippen molar-refractivity contribution in [1.82, 2.24) is 4.98 Å². The molecule has 0 atom stereocenters. The molecule has 5 heteroatoms. The van der Waals surface area contributed by atoms with Crippen LogP contribution in [0.25, 0.3) is 10.9 Å². The van der Waals surface area contributed by atoms with Crippen molar-refractivity contribution in [3.63, 3.8) is 0 Å². The van der Waals surface area contributed by atoms with Gasteiger partial charge in [0, 0.05) is 17.1 Å². The number of nitrogen functional groups attached to an aromatic ring is 1. The highest BCUT2D eigenvalue weighted by molar-refractivity contribution is 6.34. The fraction of sp³-hybridized carbons (Fsp3) is 0. The zero-order valence-corrected chi connectivity index (χ0v) is 11.8. The van der Waals surface area contributed by atoms with Crippen LogP contribution in [-0.4, -0.2) is 10.9 Å². The first-order valence-electron chi connectivity index (χ1n) is 6.35. The summed E-state index contributed by atoms with van der Waals surface area (Å²) in [5, 5.41) is 4.05. The summed E-state index contributed by atoms with van der Waals surface area (Å²) >= 11 is 6.05. The number of hydrogen-bond donors (Lipinski definition) is 2. The Morgan fingerprint density at radius 3 is 2.81 bits per heavy atom. The molecule has 0 saturated heterocycles. The molecule has 0 bridgehead atoms. The number of rotatable bonds is 2. The monoisotopic (exact) mass is 297 g/mol. The van der Waals surface area contributed by atoms with Crippen LogP contribution in [0.2, 0.25) is 5.02 Å². The summed E-state index contributed by atoms with van der Waals surface area (Å²) in [5.41, 5.74) is 8.05. The van der Waals surface area contributed by atoms with Gasteiger partial charge >= 0.3 is 0 Å². The molecule has 0 aliphatic heterocycles. The van der Waals surface area contributed by atoms with Gasteiger partial charge in [0.25, 0.3) is 5.91 Å². The summed E-state index contributed by atoms with van der Waals surface area (Å²) in [4.78, 5) is 16.5. The summed E-state index contributed by atoms with van der Waals surface area (Å²) in [6, 6.07) is 14.1. The molecule has 0 radical (unpaired) electrons. The third kappa shape index (κ3) is 2.66. The Morgan fingerprint density at radius 2 is 2.00 bits per heavy atom. The number of hydrogen-bond acceptors (Lipinski definition) is 3. The molecule has 3 rings (SSSR count). The van der Waals surface area contributed by atoms with E-state index in [0.29, 0.717) is 22.0 Å².